The largest absolute Gasteiger partial charge is 0.490 e. The zero-order valence-corrected chi connectivity index (χ0v) is 14.1. The summed E-state index contributed by atoms with van der Waals surface area (Å²) >= 11 is 11.7. The smallest absolute Gasteiger partial charge is 0.475 e. The van der Waals surface area contributed by atoms with Gasteiger partial charge in [-0.2, -0.15) is 13.2 Å². The number of aliphatic carboxylic acids is 1. The van der Waals surface area contributed by atoms with Crippen LogP contribution < -0.4 is 5.73 Å². The Balaban J connectivity index is 0.000000381. The summed E-state index contributed by atoms with van der Waals surface area (Å²) in [4.78, 5) is 8.90. The Kier molecular flexibility index (Phi) is 7.69. The number of rotatable bonds is 3. The van der Waals surface area contributed by atoms with E-state index in [0.717, 1.165) is 5.56 Å². The fourth-order valence-electron chi connectivity index (χ4n) is 1.77. The molecular weight excluding hydrogens is 382 g/mol. The third kappa shape index (κ3) is 6.91. The van der Waals surface area contributed by atoms with Crippen molar-refractivity contribution in [3.05, 3.63) is 69.7 Å². The van der Waals surface area contributed by atoms with Crippen molar-refractivity contribution in [1.82, 2.24) is 0 Å². The van der Waals surface area contributed by atoms with Gasteiger partial charge >= 0.3 is 12.1 Å². The molecule has 0 amide bonds. The van der Waals surface area contributed by atoms with Gasteiger partial charge in [-0.05, 0) is 35.4 Å². The number of carboxylic acid groups (broad SMARTS) is 1. The molecule has 2 aromatic carbocycles. The summed E-state index contributed by atoms with van der Waals surface area (Å²) in [5.74, 6) is -2.76. The number of hydrogen-bond acceptors (Lipinski definition) is 3. The topological polar surface area (TPSA) is 83.5 Å². The number of aliphatic hydroxyl groups excluding tert-OH is 1. The number of hydrogen-bond donors (Lipinski definition) is 3. The summed E-state index contributed by atoms with van der Waals surface area (Å²) in [6.45, 7) is 0. The molecule has 0 heterocycles. The van der Waals surface area contributed by atoms with Crippen molar-refractivity contribution in [3.63, 3.8) is 0 Å². The summed E-state index contributed by atoms with van der Waals surface area (Å²) in [5, 5.41) is 18.6. The van der Waals surface area contributed by atoms with Crippen LogP contribution in [0, 0.1) is 0 Å². The highest BCUT2D eigenvalue weighted by Gasteiger charge is 2.38. The van der Waals surface area contributed by atoms with E-state index in [4.69, 9.17) is 38.8 Å². The summed E-state index contributed by atoms with van der Waals surface area (Å²) in [6, 6.07) is 13.7. The van der Waals surface area contributed by atoms with Gasteiger partial charge in [0.2, 0.25) is 0 Å². The molecule has 0 fully saturated rings. The number of carboxylic acids is 1. The molecule has 0 aliphatic carbocycles. The predicted octanol–water partition coefficient (Wildman–Crippen LogP) is 4.36. The van der Waals surface area contributed by atoms with E-state index in [1.807, 2.05) is 0 Å². The summed E-state index contributed by atoms with van der Waals surface area (Å²) in [5.41, 5.74) is 7.56. The fraction of sp³-hybridized carbons (Fsp3) is 0.188. The van der Waals surface area contributed by atoms with Crippen LogP contribution in [-0.2, 0) is 4.79 Å². The molecule has 2 rings (SSSR count). The molecule has 25 heavy (non-hydrogen) atoms. The predicted molar refractivity (Wildman–Crippen MR) is 88.5 cm³/mol. The van der Waals surface area contributed by atoms with E-state index in [1.165, 1.54) is 0 Å². The maximum absolute atomic E-state index is 10.6. The van der Waals surface area contributed by atoms with Gasteiger partial charge in [-0.15, -0.1) is 0 Å². The molecule has 0 spiro atoms. The molecule has 0 radical (unpaired) electrons. The quantitative estimate of drug-likeness (QED) is 0.720. The minimum Gasteiger partial charge on any atom is -0.475 e. The van der Waals surface area contributed by atoms with Crippen molar-refractivity contribution in [2.24, 2.45) is 5.73 Å². The molecule has 0 bridgehead atoms. The second kappa shape index (κ2) is 9.05. The van der Waals surface area contributed by atoms with Gasteiger partial charge in [0.05, 0.1) is 12.1 Å². The Labute approximate surface area is 151 Å². The molecule has 0 aliphatic heterocycles. The molecule has 4 nitrogen and oxygen atoms in total. The number of carbonyl (C=O) groups is 1. The second-order valence-electron chi connectivity index (χ2n) is 4.88. The lowest BCUT2D eigenvalue weighted by atomic mass is 9.97. The number of nitrogens with two attached hydrogens (primary N) is 1. The van der Waals surface area contributed by atoms with E-state index in [2.05, 4.69) is 0 Å². The molecule has 0 aliphatic rings. The Bertz CT molecular complexity index is 709. The summed E-state index contributed by atoms with van der Waals surface area (Å²) < 4.78 is 31.7. The standard InChI is InChI=1S/C14H13Cl2NO.C2HF3O2/c15-11-6-4-9(5-7-11)13(17)14(18)10-2-1-3-12(16)8-10;3-2(4,5)1(6)7/h1-8,13-14,18H,17H2;(H,6,7)/t13-,14+;/m1./s1. The number of benzene rings is 2. The number of aliphatic hydroxyl groups is 1. The third-order valence-electron chi connectivity index (χ3n) is 3.03. The molecule has 0 saturated heterocycles. The van der Waals surface area contributed by atoms with Crippen molar-refractivity contribution >= 4 is 29.2 Å². The van der Waals surface area contributed by atoms with Crippen LogP contribution in [0.4, 0.5) is 13.2 Å². The average Bonchev–Trinajstić information content (AvgIpc) is 2.54. The van der Waals surface area contributed by atoms with Gasteiger partial charge in [0, 0.05) is 10.0 Å². The van der Waals surface area contributed by atoms with Crippen LogP contribution >= 0.6 is 23.2 Å². The fourth-order valence-corrected chi connectivity index (χ4v) is 2.09. The van der Waals surface area contributed by atoms with Crippen LogP contribution in [0.25, 0.3) is 0 Å². The van der Waals surface area contributed by atoms with Crippen LogP contribution in [0.5, 0.6) is 0 Å². The lowest BCUT2D eigenvalue weighted by molar-refractivity contribution is -0.192. The molecule has 0 saturated carbocycles. The van der Waals surface area contributed by atoms with Crippen LogP contribution in [0.2, 0.25) is 10.0 Å². The monoisotopic (exact) mass is 395 g/mol. The Morgan fingerprint density at radius 3 is 1.96 bits per heavy atom. The first kappa shape index (κ1) is 21.2. The lowest BCUT2D eigenvalue weighted by Gasteiger charge is -2.19. The number of halogens is 5. The first-order valence-corrected chi connectivity index (χ1v) is 7.52. The molecule has 2 atom stereocenters. The maximum atomic E-state index is 10.6. The normalized spacial score (nSPS) is 13.4. The van der Waals surface area contributed by atoms with E-state index in [0.29, 0.717) is 15.6 Å². The minimum absolute atomic E-state index is 0.513. The van der Waals surface area contributed by atoms with Gasteiger partial charge in [0.25, 0.3) is 0 Å². The van der Waals surface area contributed by atoms with E-state index in [-0.39, 0.29) is 0 Å². The molecule has 4 N–H and O–H groups in total. The van der Waals surface area contributed by atoms with Crippen LogP contribution in [-0.4, -0.2) is 22.4 Å². The molecule has 0 aromatic heterocycles. The van der Waals surface area contributed by atoms with Gasteiger partial charge in [-0.25, -0.2) is 4.79 Å². The molecular formula is C16H14Cl2F3NO3. The van der Waals surface area contributed by atoms with Gasteiger partial charge in [0.1, 0.15) is 0 Å². The van der Waals surface area contributed by atoms with Gasteiger partial charge in [-0.3, -0.25) is 0 Å². The Hall–Kier alpha value is -1.80. The van der Waals surface area contributed by atoms with Crippen molar-refractivity contribution in [2.45, 2.75) is 18.3 Å². The van der Waals surface area contributed by atoms with Crippen LogP contribution in [0.15, 0.2) is 48.5 Å². The first-order valence-electron chi connectivity index (χ1n) is 6.77. The van der Waals surface area contributed by atoms with Crippen LogP contribution in [0.3, 0.4) is 0 Å². The zero-order valence-electron chi connectivity index (χ0n) is 12.5. The van der Waals surface area contributed by atoms with Crippen molar-refractivity contribution in [2.75, 3.05) is 0 Å². The average molecular weight is 396 g/mol. The molecule has 0 unspecified atom stereocenters. The highest BCUT2D eigenvalue weighted by Crippen LogP contribution is 2.28. The van der Waals surface area contributed by atoms with E-state index in [9.17, 15) is 18.3 Å². The van der Waals surface area contributed by atoms with Gasteiger partial charge in [0.15, 0.2) is 0 Å². The number of alkyl halides is 3. The Morgan fingerprint density at radius 2 is 1.52 bits per heavy atom. The Morgan fingerprint density at radius 1 is 1.00 bits per heavy atom. The van der Waals surface area contributed by atoms with E-state index < -0.39 is 24.3 Å². The SMILES string of the molecule is N[C@H](c1ccc(Cl)cc1)[C@@H](O)c1cccc(Cl)c1.O=C(O)C(F)(F)F. The van der Waals surface area contributed by atoms with Gasteiger partial charge < -0.3 is 15.9 Å². The minimum atomic E-state index is -5.08. The van der Waals surface area contributed by atoms with Crippen LogP contribution in [0.1, 0.15) is 23.3 Å². The van der Waals surface area contributed by atoms with Gasteiger partial charge in [-0.1, -0.05) is 47.5 Å². The second-order valence-corrected chi connectivity index (χ2v) is 5.75. The molecule has 136 valence electrons. The van der Waals surface area contributed by atoms with Crippen molar-refractivity contribution < 1.29 is 28.2 Å². The first-order chi connectivity index (χ1) is 11.5. The van der Waals surface area contributed by atoms with Crippen molar-refractivity contribution in [1.29, 1.82) is 0 Å². The molecule has 2 aromatic rings. The molecule has 9 heteroatoms. The third-order valence-corrected chi connectivity index (χ3v) is 3.51. The van der Waals surface area contributed by atoms with E-state index >= 15 is 0 Å². The lowest BCUT2D eigenvalue weighted by Crippen LogP contribution is -2.21. The highest BCUT2D eigenvalue weighted by molar-refractivity contribution is 6.30. The highest BCUT2D eigenvalue weighted by atomic mass is 35.5. The maximum Gasteiger partial charge on any atom is 0.490 e. The van der Waals surface area contributed by atoms with Crippen molar-refractivity contribution in [3.8, 4) is 0 Å². The van der Waals surface area contributed by atoms with E-state index in [1.54, 1.807) is 48.5 Å². The zero-order chi connectivity index (χ0) is 19.2. The summed E-state index contributed by atoms with van der Waals surface area (Å²) in [6.07, 6.45) is -5.88. The summed E-state index contributed by atoms with van der Waals surface area (Å²) in [7, 11) is 0.